The van der Waals surface area contributed by atoms with Crippen molar-refractivity contribution < 1.29 is 28.5 Å². The number of carbonyl (C=O) groups excluding carboxylic acids is 2. The van der Waals surface area contributed by atoms with Crippen LogP contribution >= 0.6 is 15.9 Å². The summed E-state index contributed by atoms with van der Waals surface area (Å²) in [6.07, 6.45) is 0.603. The molecule has 1 saturated heterocycles. The van der Waals surface area contributed by atoms with Crippen molar-refractivity contribution in [3.63, 3.8) is 0 Å². The number of halogens is 1. The van der Waals surface area contributed by atoms with Gasteiger partial charge in [-0.05, 0) is 51.3 Å². The fourth-order valence-corrected chi connectivity index (χ4v) is 6.57. The molecule has 0 aromatic heterocycles. The number of ether oxygens (including phenoxy) is 4. The molecular weight excluding hydrogens is 476 g/mol. The first-order chi connectivity index (χ1) is 15.2. The van der Waals surface area contributed by atoms with E-state index in [9.17, 15) is 9.59 Å². The molecule has 0 amide bonds. The molecule has 2 bridgehead atoms. The fourth-order valence-electron chi connectivity index (χ4n) is 5.77. The van der Waals surface area contributed by atoms with Crippen molar-refractivity contribution in [1.29, 1.82) is 0 Å². The third-order valence-corrected chi connectivity index (χ3v) is 8.37. The number of ketones is 1. The Morgan fingerprint density at radius 3 is 2.78 bits per heavy atom. The standard InChI is InChI=1S/C25H21BrO6/c1-23(2,3)22(28)29-13-9-8-12-18-16(13)19(27)20-21(30-20)25(18)31-14-6-4-5-11-7-10-15(26)24(12,32-25)17(11)14/h4-6,8-9,15,20-21H,7,10H2,1-3H3/t15-,20+,21+,24+,25-/m1/s1. The second-order valence-corrected chi connectivity index (χ2v) is 11.4. The van der Waals surface area contributed by atoms with Crippen LogP contribution < -0.4 is 9.47 Å². The third kappa shape index (κ3) is 2.04. The third-order valence-electron chi connectivity index (χ3n) is 7.27. The molecule has 0 radical (unpaired) electrons. The molecule has 0 unspecified atom stereocenters. The van der Waals surface area contributed by atoms with Gasteiger partial charge >= 0.3 is 5.97 Å². The van der Waals surface area contributed by atoms with Gasteiger partial charge in [0.1, 0.15) is 17.1 Å². The van der Waals surface area contributed by atoms with Crippen LogP contribution in [0.3, 0.4) is 0 Å². The predicted octanol–water partition coefficient (Wildman–Crippen LogP) is 4.13. The first kappa shape index (κ1) is 19.3. The van der Waals surface area contributed by atoms with Crippen LogP contribution in [0.25, 0.3) is 0 Å². The van der Waals surface area contributed by atoms with Crippen molar-refractivity contribution in [3.05, 3.63) is 58.1 Å². The minimum atomic E-state index is -1.23. The van der Waals surface area contributed by atoms with E-state index < -0.39 is 35.0 Å². The van der Waals surface area contributed by atoms with Gasteiger partial charge in [-0.3, -0.25) is 9.59 Å². The molecule has 5 atom stereocenters. The summed E-state index contributed by atoms with van der Waals surface area (Å²) in [5.74, 6) is -0.822. The van der Waals surface area contributed by atoms with Crippen molar-refractivity contribution in [1.82, 2.24) is 0 Å². The molecule has 2 aliphatic carbocycles. The van der Waals surface area contributed by atoms with Gasteiger partial charge in [-0.25, -0.2) is 0 Å². The number of hydrogen-bond donors (Lipinski definition) is 0. The lowest BCUT2D eigenvalue weighted by atomic mass is 9.73. The van der Waals surface area contributed by atoms with Gasteiger partial charge < -0.3 is 18.9 Å². The first-order valence-corrected chi connectivity index (χ1v) is 11.9. The number of aryl methyl sites for hydroxylation is 1. The highest BCUT2D eigenvalue weighted by molar-refractivity contribution is 9.09. The molecule has 0 N–H and O–H groups in total. The van der Waals surface area contributed by atoms with Crippen LogP contribution in [-0.4, -0.2) is 28.8 Å². The van der Waals surface area contributed by atoms with Gasteiger partial charge in [0.2, 0.25) is 0 Å². The summed E-state index contributed by atoms with van der Waals surface area (Å²) in [5.41, 5.74) is 2.57. The molecule has 7 rings (SSSR count). The number of benzene rings is 2. The summed E-state index contributed by atoms with van der Waals surface area (Å²) in [6.45, 7) is 5.35. The Labute approximate surface area is 193 Å². The number of alkyl halides is 1. The molecule has 7 heteroatoms. The highest BCUT2D eigenvalue weighted by Crippen LogP contribution is 2.69. The minimum absolute atomic E-state index is 0.00518. The van der Waals surface area contributed by atoms with E-state index in [4.69, 9.17) is 18.9 Å². The Morgan fingerprint density at radius 1 is 1.19 bits per heavy atom. The second kappa shape index (κ2) is 5.64. The van der Waals surface area contributed by atoms with Gasteiger partial charge in [0.25, 0.3) is 5.79 Å². The van der Waals surface area contributed by atoms with E-state index in [2.05, 4.69) is 22.0 Å². The van der Waals surface area contributed by atoms with E-state index >= 15 is 0 Å². The average Bonchev–Trinajstić information content (AvgIpc) is 3.52. The molecule has 2 aromatic carbocycles. The summed E-state index contributed by atoms with van der Waals surface area (Å²) >= 11 is 3.91. The van der Waals surface area contributed by atoms with Crippen LogP contribution in [-0.2, 0) is 32.1 Å². The quantitative estimate of drug-likeness (QED) is 0.255. The number of esters is 1. The largest absolute Gasteiger partial charge is 0.454 e. The van der Waals surface area contributed by atoms with Crippen LogP contribution in [0.2, 0.25) is 0 Å². The molecule has 164 valence electrons. The monoisotopic (exact) mass is 496 g/mol. The normalized spacial score (nSPS) is 34.8. The van der Waals surface area contributed by atoms with Crippen LogP contribution in [0, 0.1) is 5.41 Å². The molecule has 3 aliphatic heterocycles. The highest BCUT2D eigenvalue weighted by Gasteiger charge is 2.77. The summed E-state index contributed by atoms with van der Waals surface area (Å²) in [5, 5.41) is 0. The Kier molecular flexibility index (Phi) is 3.39. The number of rotatable bonds is 1. The van der Waals surface area contributed by atoms with Crippen LogP contribution in [0.5, 0.6) is 11.5 Å². The van der Waals surface area contributed by atoms with Gasteiger partial charge in [-0.1, -0.05) is 34.1 Å². The van der Waals surface area contributed by atoms with E-state index in [1.165, 1.54) is 5.56 Å². The van der Waals surface area contributed by atoms with Crippen LogP contribution in [0.4, 0.5) is 0 Å². The predicted molar refractivity (Wildman–Crippen MR) is 116 cm³/mol. The smallest absolute Gasteiger partial charge is 0.316 e. The zero-order chi connectivity index (χ0) is 22.2. The molecular formula is C25H21BrO6. The second-order valence-electron chi connectivity index (χ2n) is 10.2. The topological polar surface area (TPSA) is 74.4 Å². The van der Waals surface area contributed by atoms with Gasteiger partial charge in [0.15, 0.2) is 18.0 Å². The zero-order valence-electron chi connectivity index (χ0n) is 17.9. The first-order valence-electron chi connectivity index (χ1n) is 10.9. The van der Waals surface area contributed by atoms with E-state index in [-0.39, 0.29) is 16.4 Å². The maximum absolute atomic E-state index is 13.4. The Morgan fingerprint density at radius 2 is 2.00 bits per heavy atom. The van der Waals surface area contributed by atoms with E-state index in [0.29, 0.717) is 11.1 Å². The van der Waals surface area contributed by atoms with Gasteiger partial charge in [-0.2, -0.15) is 0 Å². The minimum Gasteiger partial charge on any atom is -0.454 e. The fraction of sp³-hybridized carbons (Fsp3) is 0.440. The number of Topliss-reactive ketones (excluding diaryl/α,β-unsaturated/α-hetero) is 1. The van der Waals surface area contributed by atoms with E-state index in [1.807, 2.05) is 18.2 Å². The summed E-state index contributed by atoms with van der Waals surface area (Å²) in [7, 11) is 0. The number of epoxide rings is 1. The number of carbonyl (C=O) groups is 2. The van der Waals surface area contributed by atoms with Crippen LogP contribution in [0.15, 0.2) is 30.3 Å². The van der Waals surface area contributed by atoms with Gasteiger partial charge in [0.05, 0.1) is 15.8 Å². The molecule has 5 aliphatic rings. The summed E-state index contributed by atoms with van der Waals surface area (Å²) < 4.78 is 25.1. The van der Waals surface area contributed by atoms with Gasteiger partial charge in [-0.15, -0.1) is 0 Å². The van der Waals surface area contributed by atoms with Crippen molar-refractivity contribution in [2.24, 2.45) is 5.41 Å². The van der Waals surface area contributed by atoms with Gasteiger partial charge in [0, 0.05) is 16.7 Å². The van der Waals surface area contributed by atoms with Crippen LogP contribution in [0.1, 0.15) is 59.8 Å². The maximum atomic E-state index is 13.4. The number of fused-ring (bicyclic) bond motifs is 1. The molecule has 1 fully saturated rings. The molecule has 0 saturated carbocycles. The van der Waals surface area contributed by atoms with Crippen molar-refractivity contribution >= 4 is 27.7 Å². The SMILES string of the molecule is CC(C)(C)C(=O)Oc1ccc2c3c1C(=O)[C@@H]1O[C@@H]1[C@@]31Oc3cccc4c3[C@@]2(O1)[C@H](Br)CC4. The number of hydrogen-bond acceptors (Lipinski definition) is 6. The Balaban J connectivity index is 1.53. The van der Waals surface area contributed by atoms with Crippen molar-refractivity contribution in [2.45, 2.75) is 62.0 Å². The summed E-state index contributed by atoms with van der Waals surface area (Å²) in [6, 6.07) is 9.72. The molecule has 3 heterocycles. The Bertz CT molecular complexity index is 1260. The molecule has 6 nitrogen and oxygen atoms in total. The summed E-state index contributed by atoms with van der Waals surface area (Å²) in [4.78, 5) is 26.1. The molecule has 2 spiro atoms. The lowest BCUT2D eigenvalue weighted by molar-refractivity contribution is -0.259. The molecule has 2 aromatic rings. The zero-order valence-corrected chi connectivity index (χ0v) is 19.4. The Hall–Kier alpha value is -2.22. The maximum Gasteiger partial charge on any atom is 0.316 e. The lowest BCUT2D eigenvalue weighted by Crippen LogP contribution is -2.53. The van der Waals surface area contributed by atoms with E-state index in [0.717, 1.165) is 29.7 Å². The average molecular weight is 497 g/mol. The van der Waals surface area contributed by atoms with Crippen molar-refractivity contribution in [2.75, 3.05) is 0 Å². The van der Waals surface area contributed by atoms with E-state index in [1.54, 1.807) is 26.8 Å². The van der Waals surface area contributed by atoms with Crippen molar-refractivity contribution in [3.8, 4) is 11.5 Å². The molecule has 32 heavy (non-hydrogen) atoms. The highest BCUT2D eigenvalue weighted by atomic mass is 79.9. The lowest BCUT2D eigenvalue weighted by Gasteiger charge is -2.47.